The molecule has 160 valence electrons. The van der Waals surface area contributed by atoms with Crippen molar-refractivity contribution in [2.24, 2.45) is 5.92 Å². The van der Waals surface area contributed by atoms with E-state index in [-0.39, 0.29) is 29.5 Å². The molecule has 2 aliphatic heterocycles. The van der Waals surface area contributed by atoms with Crippen LogP contribution in [0.3, 0.4) is 0 Å². The highest BCUT2D eigenvalue weighted by Gasteiger charge is 2.36. The van der Waals surface area contributed by atoms with Crippen LogP contribution >= 0.6 is 0 Å². The summed E-state index contributed by atoms with van der Waals surface area (Å²) in [6.45, 7) is 4.30. The SMILES string of the molecule is Cc1cc(CN(C)C(=O)c2ccc3n(c2=O)C[C@H]2C[C@@H]3CN(c3cnccn3)C2)no1. The van der Waals surface area contributed by atoms with Crippen molar-refractivity contribution in [2.45, 2.75) is 32.4 Å². The van der Waals surface area contributed by atoms with Gasteiger partial charge in [-0.25, -0.2) is 4.98 Å². The van der Waals surface area contributed by atoms with Crippen LogP contribution in [0.2, 0.25) is 0 Å². The molecule has 2 aliphatic rings. The Morgan fingerprint density at radius 1 is 1.26 bits per heavy atom. The van der Waals surface area contributed by atoms with Crippen molar-refractivity contribution in [1.29, 1.82) is 0 Å². The smallest absolute Gasteiger partial charge is 0.263 e. The van der Waals surface area contributed by atoms with Crippen molar-refractivity contribution < 1.29 is 9.32 Å². The summed E-state index contributed by atoms with van der Waals surface area (Å²) in [5.41, 5.74) is 1.62. The molecule has 1 amide bonds. The maximum atomic E-state index is 13.2. The Kier molecular flexibility index (Phi) is 4.80. The largest absolute Gasteiger partial charge is 0.361 e. The molecule has 2 atom stereocenters. The van der Waals surface area contributed by atoms with Crippen LogP contribution in [0.1, 0.15) is 39.8 Å². The van der Waals surface area contributed by atoms with E-state index in [9.17, 15) is 9.59 Å². The highest BCUT2D eigenvalue weighted by atomic mass is 16.5. The number of carbonyl (C=O) groups is 1. The third kappa shape index (κ3) is 3.60. The van der Waals surface area contributed by atoms with Crippen LogP contribution in [-0.2, 0) is 13.1 Å². The fourth-order valence-corrected chi connectivity index (χ4v) is 4.76. The van der Waals surface area contributed by atoms with Crippen LogP contribution in [0.4, 0.5) is 5.82 Å². The lowest BCUT2D eigenvalue weighted by Gasteiger charge is -2.43. The number of pyridine rings is 1. The van der Waals surface area contributed by atoms with Gasteiger partial charge in [-0.3, -0.25) is 14.6 Å². The predicted octanol–water partition coefficient (Wildman–Crippen LogP) is 1.83. The van der Waals surface area contributed by atoms with Gasteiger partial charge < -0.3 is 18.9 Å². The molecule has 0 aliphatic carbocycles. The molecular weight excluding hydrogens is 396 g/mol. The van der Waals surface area contributed by atoms with Gasteiger partial charge in [0, 0.05) is 56.8 Å². The molecule has 2 bridgehead atoms. The molecule has 0 spiro atoms. The zero-order valence-corrected chi connectivity index (χ0v) is 17.6. The zero-order chi connectivity index (χ0) is 21.5. The number of aryl methyl sites for hydroxylation is 1. The van der Waals surface area contributed by atoms with E-state index in [1.54, 1.807) is 49.3 Å². The number of carbonyl (C=O) groups excluding carboxylic acids is 1. The van der Waals surface area contributed by atoms with Crippen LogP contribution in [0.5, 0.6) is 0 Å². The molecule has 5 rings (SSSR count). The third-order valence-corrected chi connectivity index (χ3v) is 6.13. The van der Waals surface area contributed by atoms with Gasteiger partial charge in [0.2, 0.25) is 0 Å². The summed E-state index contributed by atoms with van der Waals surface area (Å²) in [5, 5.41) is 3.93. The van der Waals surface area contributed by atoms with Crippen molar-refractivity contribution in [1.82, 2.24) is 24.6 Å². The number of anilines is 1. The molecule has 3 aromatic heterocycles. The minimum absolute atomic E-state index is 0.192. The lowest BCUT2D eigenvalue weighted by molar-refractivity contribution is 0.0779. The molecule has 0 radical (unpaired) electrons. The van der Waals surface area contributed by atoms with Crippen LogP contribution in [-0.4, -0.2) is 50.6 Å². The first-order valence-electron chi connectivity index (χ1n) is 10.4. The minimum Gasteiger partial charge on any atom is -0.361 e. The Hall–Kier alpha value is -3.49. The monoisotopic (exact) mass is 420 g/mol. The second-order valence-corrected chi connectivity index (χ2v) is 8.44. The Balaban J connectivity index is 1.39. The number of hydrogen-bond acceptors (Lipinski definition) is 7. The van der Waals surface area contributed by atoms with Gasteiger partial charge in [-0.2, -0.15) is 0 Å². The van der Waals surface area contributed by atoms with E-state index in [4.69, 9.17) is 4.52 Å². The van der Waals surface area contributed by atoms with Crippen LogP contribution in [0.25, 0.3) is 0 Å². The number of piperidine rings is 1. The average molecular weight is 420 g/mol. The van der Waals surface area contributed by atoms with E-state index in [1.165, 1.54) is 4.90 Å². The number of nitrogens with zero attached hydrogens (tertiary/aromatic N) is 6. The van der Waals surface area contributed by atoms with E-state index in [2.05, 4.69) is 20.0 Å². The average Bonchev–Trinajstić information content (AvgIpc) is 3.19. The van der Waals surface area contributed by atoms with E-state index in [0.717, 1.165) is 31.0 Å². The minimum atomic E-state index is -0.308. The quantitative estimate of drug-likeness (QED) is 0.635. The van der Waals surface area contributed by atoms with Crippen LogP contribution < -0.4 is 10.5 Å². The molecule has 0 saturated carbocycles. The Morgan fingerprint density at radius 3 is 2.87 bits per heavy atom. The second-order valence-electron chi connectivity index (χ2n) is 8.44. The van der Waals surface area contributed by atoms with Crippen molar-refractivity contribution >= 4 is 11.7 Å². The first-order chi connectivity index (χ1) is 15.0. The molecule has 9 heteroatoms. The molecule has 0 unspecified atom stereocenters. The number of hydrogen-bond donors (Lipinski definition) is 0. The molecule has 5 heterocycles. The normalized spacial score (nSPS) is 19.7. The van der Waals surface area contributed by atoms with E-state index in [0.29, 0.717) is 23.9 Å². The van der Waals surface area contributed by atoms with Crippen molar-refractivity contribution in [3.05, 3.63) is 69.9 Å². The first-order valence-corrected chi connectivity index (χ1v) is 10.4. The molecule has 3 aromatic rings. The van der Waals surface area contributed by atoms with Gasteiger partial charge in [-0.15, -0.1) is 0 Å². The summed E-state index contributed by atoms with van der Waals surface area (Å²) in [4.78, 5) is 38.6. The van der Waals surface area contributed by atoms with Crippen molar-refractivity contribution in [3.8, 4) is 0 Å². The molecule has 0 aromatic carbocycles. The fourth-order valence-electron chi connectivity index (χ4n) is 4.76. The number of rotatable bonds is 4. The van der Waals surface area contributed by atoms with Gasteiger partial charge in [-0.1, -0.05) is 5.16 Å². The highest BCUT2D eigenvalue weighted by molar-refractivity contribution is 5.93. The Morgan fingerprint density at radius 2 is 2.13 bits per heavy atom. The highest BCUT2D eigenvalue weighted by Crippen LogP contribution is 2.36. The number of aromatic nitrogens is 4. The standard InChI is InChI=1S/C22H24N6O3/c1-14-7-17(25-31-14)13-26(2)21(29)18-3-4-19-16-8-15(11-28(19)22(18)30)10-27(12-16)20-9-23-5-6-24-20/h3-7,9,15-16H,8,10-13H2,1-2H3/t15-,16+/m0/s1. The first kappa shape index (κ1) is 19.5. The van der Waals surface area contributed by atoms with E-state index >= 15 is 0 Å². The third-order valence-electron chi connectivity index (χ3n) is 6.13. The number of fused-ring (bicyclic) bond motifs is 4. The fraction of sp³-hybridized carbons (Fsp3) is 0.409. The maximum absolute atomic E-state index is 13.2. The predicted molar refractivity (Wildman–Crippen MR) is 113 cm³/mol. The van der Waals surface area contributed by atoms with Gasteiger partial charge in [0.25, 0.3) is 11.5 Å². The van der Waals surface area contributed by atoms with Gasteiger partial charge in [0.05, 0.1) is 12.7 Å². The summed E-state index contributed by atoms with van der Waals surface area (Å²) in [7, 11) is 1.67. The molecular formula is C22H24N6O3. The Bertz CT molecular complexity index is 1170. The van der Waals surface area contributed by atoms with Gasteiger partial charge in [0.15, 0.2) is 0 Å². The van der Waals surface area contributed by atoms with E-state index in [1.807, 2.05) is 6.07 Å². The molecule has 1 fully saturated rings. The Labute approximate surface area is 179 Å². The maximum Gasteiger partial charge on any atom is 0.263 e. The zero-order valence-electron chi connectivity index (χ0n) is 17.6. The van der Waals surface area contributed by atoms with Gasteiger partial charge >= 0.3 is 0 Å². The molecule has 31 heavy (non-hydrogen) atoms. The van der Waals surface area contributed by atoms with E-state index < -0.39 is 0 Å². The summed E-state index contributed by atoms with van der Waals surface area (Å²) in [6, 6.07) is 5.39. The molecule has 0 N–H and O–H groups in total. The van der Waals surface area contributed by atoms with Gasteiger partial charge in [0.1, 0.15) is 22.8 Å². The lowest BCUT2D eigenvalue weighted by atomic mass is 9.83. The summed E-state index contributed by atoms with van der Waals surface area (Å²) in [5.74, 6) is 1.79. The van der Waals surface area contributed by atoms with Crippen molar-refractivity contribution in [2.75, 3.05) is 25.0 Å². The summed E-state index contributed by atoms with van der Waals surface area (Å²) >= 11 is 0. The lowest BCUT2D eigenvalue weighted by Crippen LogP contribution is -2.48. The summed E-state index contributed by atoms with van der Waals surface area (Å²) < 4.78 is 6.87. The number of amides is 1. The van der Waals surface area contributed by atoms with Crippen LogP contribution in [0.15, 0.2) is 46.1 Å². The van der Waals surface area contributed by atoms with Crippen LogP contribution in [0, 0.1) is 12.8 Å². The molecule has 1 saturated heterocycles. The second kappa shape index (κ2) is 7.64. The summed E-state index contributed by atoms with van der Waals surface area (Å²) in [6.07, 6.45) is 6.19. The van der Waals surface area contributed by atoms with Gasteiger partial charge in [-0.05, 0) is 31.4 Å². The van der Waals surface area contributed by atoms with Crippen molar-refractivity contribution in [3.63, 3.8) is 0 Å². The molecule has 9 nitrogen and oxygen atoms in total. The topological polar surface area (TPSA) is 97.4 Å².